The molecule has 2 atom stereocenters. The molecule has 0 aliphatic heterocycles. The Bertz CT molecular complexity index is 721. The van der Waals surface area contributed by atoms with Crippen molar-refractivity contribution >= 4 is 17.0 Å². The van der Waals surface area contributed by atoms with Crippen molar-refractivity contribution in [2.75, 3.05) is 13.2 Å². The third kappa shape index (κ3) is 4.30. The molecule has 0 spiro atoms. The molecule has 0 aliphatic carbocycles. The fourth-order valence-corrected chi connectivity index (χ4v) is 2.99. The van der Waals surface area contributed by atoms with Crippen LogP contribution in [0.2, 0.25) is 0 Å². The second-order valence-corrected chi connectivity index (χ2v) is 6.45. The molecule has 5 heteroatoms. The Morgan fingerprint density at radius 1 is 1.40 bits per heavy atom. The molecule has 0 fully saturated rings. The van der Waals surface area contributed by atoms with E-state index in [2.05, 4.69) is 25.7 Å². The average molecular weight is 344 g/mol. The highest BCUT2D eigenvalue weighted by Crippen LogP contribution is 2.29. The van der Waals surface area contributed by atoms with Crippen LogP contribution < -0.4 is 5.32 Å². The van der Waals surface area contributed by atoms with E-state index >= 15 is 0 Å². The number of aliphatic hydroxyl groups is 1. The highest BCUT2D eigenvalue weighted by atomic mass is 16.5. The summed E-state index contributed by atoms with van der Waals surface area (Å²) in [5, 5.41) is 14.2. The summed E-state index contributed by atoms with van der Waals surface area (Å²) in [5.41, 5.74) is 1.82. The summed E-state index contributed by atoms with van der Waals surface area (Å²) in [6.07, 6.45) is 3.99. The normalized spacial score (nSPS) is 13.8. The van der Waals surface area contributed by atoms with Crippen molar-refractivity contribution in [1.29, 1.82) is 0 Å². The van der Waals surface area contributed by atoms with Crippen molar-refractivity contribution in [3.05, 3.63) is 48.7 Å². The van der Waals surface area contributed by atoms with Gasteiger partial charge < -0.3 is 15.2 Å². The summed E-state index contributed by atoms with van der Waals surface area (Å²) in [5.74, 6) is 0.288. The van der Waals surface area contributed by atoms with Crippen molar-refractivity contribution < 1.29 is 14.6 Å². The van der Waals surface area contributed by atoms with Gasteiger partial charge in [0.05, 0.1) is 18.7 Å². The molecule has 2 rings (SSSR count). The first-order valence-corrected chi connectivity index (χ1v) is 8.78. The number of ether oxygens (including phenoxy) is 1. The van der Waals surface area contributed by atoms with Crippen LogP contribution in [0.3, 0.4) is 0 Å². The van der Waals surface area contributed by atoms with Crippen LogP contribution in [-0.4, -0.2) is 35.0 Å². The standard InChI is InChI=1S/C20H28N2O3/c1-5-9-17(21-18(13-23)14(3)4)16-12-22(20(24)25-6-2)19-11-8-7-10-15(16)19/h5,7-8,10-12,14,17-18,21,23H,1,6,9,13H2,2-4H3/t17-,18+/m0/s1. The van der Waals surface area contributed by atoms with Gasteiger partial charge in [-0.25, -0.2) is 4.79 Å². The predicted molar refractivity (Wildman–Crippen MR) is 101 cm³/mol. The topological polar surface area (TPSA) is 63.5 Å². The zero-order valence-corrected chi connectivity index (χ0v) is 15.2. The van der Waals surface area contributed by atoms with Gasteiger partial charge in [0, 0.05) is 23.7 Å². The number of benzene rings is 1. The molecule has 0 unspecified atom stereocenters. The lowest BCUT2D eigenvalue weighted by molar-refractivity contribution is 0.155. The van der Waals surface area contributed by atoms with Gasteiger partial charge in [0.15, 0.2) is 0 Å². The highest BCUT2D eigenvalue weighted by Gasteiger charge is 2.23. The van der Waals surface area contributed by atoms with Crippen LogP contribution in [0, 0.1) is 5.92 Å². The monoisotopic (exact) mass is 344 g/mol. The van der Waals surface area contributed by atoms with Gasteiger partial charge in [0.2, 0.25) is 0 Å². The molecule has 136 valence electrons. The van der Waals surface area contributed by atoms with Crippen LogP contribution in [0.25, 0.3) is 10.9 Å². The van der Waals surface area contributed by atoms with Gasteiger partial charge in [-0.05, 0) is 30.9 Å². The summed E-state index contributed by atoms with van der Waals surface area (Å²) in [6.45, 7) is 10.2. The molecule has 0 saturated carbocycles. The molecule has 0 aliphatic rings. The molecule has 2 aromatic rings. The van der Waals surface area contributed by atoms with Crippen molar-refractivity contribution in [2.24, 2.45) is 5.92 Å². The average Bonchev–Trinajstić information content (AvgIpc) is 2.98. The summed E-state index contributed by atoms with van der Waals surface area (Å²) in [6, 6.07) is 7.70. The number of fused-ring (bicyclic) bond motifs is 1. The quantitative estimate of drug-likeness (QED) is 0.714. The molecule has 1 heterocycles. The van der Waals surface area contributed by atoms with Crippen molar-refractivity contribution in [3.63, 3.8) is 0 Å². The Morgan fingerprint density at radius 2 is 2.12 bits per heavy atom. The first-order valence-electron chi connectivity index (χ1n) is 8.78. The molecular weight excluding hydrogens is 316 g/mol. The lowest BCUT2D eigenvalue weighted by Gasteiger charge is -2.26. The van der Waals surface area contributed by atoms with Gasteiger partial charge in [-0.1, -0.05) is 38.1 Å². The van der Waals surface area contributed by atoms with E-state index in [4.69, 9.17) is 4.74 Å². The summed E-state index contributed by atoms with van der Waals surface area (Å²) >= 11 is 0. The van der Waals surface area contributed by atoms with Crippen LogP contribution >= 0.6 is 0 Å². The van der Waals surface area contributed by atoms with Crippen LogP contribution in [0.4, 0.5) is 4.79 Å². The first kappa shape index (κ1) is 19.2. The van der Waals surface area contributed by atoms with Gasteiger partial charge in [-0.15, -0.1) is 6.58 Å². The molecule has 0 radical (unpaired) electrons. The zero-order chi connectivity index (χ0) is 18.4. The van der Waals surface area contributed by atoms with Crippen molar-refractivity contribution in [2.45, 2.75) is 39.3 Å². The second kappa shape index (κ2) is 8.83. The van der Waals surface area contributed by atoms with Gasteiger partial charge in [-0.2, -0.15) is 0 Å². The number of hydrogen-bond donors (Lipinski definition) is 2. The van der Waals surface area contributed by atoms with Gasteiger partial charge in [-0.3, -0.25) is 4.57 Å². The molecule has 0 saturated heterocycles. The van der Waals surface area contributed by atoms with E-state index in [-0.39, 0.29) is 30.7 Å². The lowest BCUT2D eigenvalue weighted by Crippen LogP contribution is -2.39. The van der Waals surface area contributed by atoms with Gasteiger partial charge in [0.1, 0.15) is 0 Å². The smallest absolute Gasteiger partial charge is 0.418 e. The van der Waals surface area contributed by atoms with E-state index < -0.39 is 0 Å². The first-order chi connectivity index (χ1) is 12.0. The number of rotatable bonds is 8. The molecule has 1 aromatic heterocycles. The van der Waals surface area contributed by atoms with Crippen LogP contribution in [0.1, 0.15) is 38.8 Å². The summed E-state index contributed by atoms with van der Waals surface area (Å²) in [4.78, 5) is 12.3. The Balaban J connectivity index is 2.48. The fourth-order valence-electron chi connectivity index (χ4n) is 2.99. The molecule has 1 aromatic carbocycles. The zero-order valence-electron chi connectivity index (χ0n) is 15.2. The summed E-state index contributed by atoms with van der Waals surface area (Å²) < 4.78 is 6.72. The Labute approximate surface area is 149 Å². The number of para-hydroxylation sites is 1. The third-order valence-corrected chi connectivity index (χ3v) is 4.40. The van der Waals surface area contributed by atoms with E-state index in [1.807, 2.05) is 36.5 Å². The SMILES string of the molecule is C=CC[C@H](N[C@H](CO)C(C)C)c1cn(C(=O)OCC)c2ccccc12. The number of nitrogens with one attached hydrogen (secondary N) is 1. The lowest BCUT2D eigenvalue weighted by atomic mass is 9.98. The number of carbonyl (C=O) groups excluding carboxylic acids is 1. The molecule has 2 N–H and O–H groups in total. The number of carbonyl (C=O) groups is 1. The van der Waals surface area contributed by atoms with Gasteiger partial charge >= 0.3 is 6.09 Å². The van der Waals surface area contributed by atoms with Crippen molar-refractivity contribution in [3.8, 4) is 0 Å². The van der Waals surface area contributed by atoms with E-state index in [1.54, 1.807) is 11.5 Å². The number of hydrogen-bond acceptors (Lipinski definition) is 4. The molecule has 0 bridgehead atoms. The number of aliphatic hydroxyl groups excluding tert-OH is 1. The molecule has 5 nitrogen and oxygen atoms in total. The maximum Gasteiger partial charge on any atom is 0.418 e. The Kier molecular flexibility index (Phi) is 6.79. The van der Waals surface area contributed by atoms with E-state index in [0.717, 1.165) is 16.5 Å². The fraction of sp³-hybridized carbons (Fsp3) is 0.450. The molecule has 0 amide bonds. The minimum Gasteiger partial charge on any atom is -0.449 e. The maximum absolute atomic E-state index is 12.3. The number of nitrogens with zero attached hydrogens (tertiary/aromatic N) is 1. The van der Waals surface area contributed by atoms with E-state index in [1.165, 1.54) is 0 Å². The summed E-state index contributed by atoms with van der Waals surface area (Å²) in [7, 11) is 0. The Morgan fingerprint density at radius 3 is 2.72 bits per heavy atom. The minimum absolute atomic E-state index is 0.0327. The Hall–Kier alpha value is -2.11. The third-order valence-electron chi connectivity index (χ3n) is 4.40. The molecular formula is C20H28N2O3. The van der Waals surface area contributed by atoms with Crippen LogP contribution in [0.5, 0.6) is 0 Å². The largest absolute Gasteiger partial charge is 0.449 e. The van der Waals surface area contributed by atoms with E-state index in [0.29, 0.717) is 13.0 Å². The van der Waals surface area contributed by atoms with E-state index in [9.17, 15) is 9.90 Å². The van der Waals surface area contributed by atoms with Crippen molar-refractivity contribution in [1.82, 2.24) is 9.88 Å². The molecule has 25 heavy (non-hydrogen) atoms. The van der Waals surface area contributed by atoms with Crippen LogP contribution in [0.15, 0.2) is 43.1 Å². The maximum atomic E-state index is 12.3. The number of aromatic nitrogens is 1. The van der Waals surface area contributed by atoms with Crippen LogP contribution in [-0.2, 0) is 4.74 Å². The van der Waals surface area contributed by atoms with Gasteiger partial charge in [0.25, 0.3) is 0 Å². The highest BCUT2D eigenvalue weighted by molar-refractivity contribution is 5.92. The minimum atomic E-state index is -0.384. The second-order valence-electron chi connectivity index (χ2n) is 6.45. The predicted octanol–water partition coefficient (Wildman–Crippen LogP) is 3.87.